The number of anilines is 1. The summed E-state index contributed by atoms with van der Waals surface area (Å²) in [7, 11) is -1.30. The fourth-order valence-electron chi connectivity index (χ4n) is 1.33. The number of rotatable bonds is 2. The van der Waals surface area contributed by atoms with Gasteiger partial charge in [-0.1, -0.05) is 31.5 Å². The molecule has 1 atom stereocenters. The topological polar surface area (TPSA) is 56.0 Å². The smallest absolute Gasteiger partial charge is 0.155 e. The summed E-state index contributed by atoms with van der Waals surface area (Å²) < 4.78 is 12.1. The molecule has 2 N–H and O–H groups in total. The third kappa shape index (κ3) is 3.40. The van der Waals surface area contributed by atoms with E-state index < -0.39 is 10.8 Å². The van der Waals surface area contributed by atoms with Crippen molar-refractivity contribution in [2.24, 2.45) is 0 Å². The first-order valence-corrected chi connectivity index (χ1v) is 7.02. The molecular formula is C14H18N2OS. The Bertz CT molecular complexity index is 524. The van der Waals surface area contributed by atoms with Crippen molar-refractivity contribution in [1.82, 2.24) is 4.98 Å². The molecule has 1 heterocycles. The number of aromatic nitrogens is 1. The van der Waals surface area contributed by atoms with E-state index in [9.17, 15) is 4.21 Å². The Morgan fingerprint density at radius 1 is 1.11 bits per heavy atom. The van der Waals surface area contributed by atoms with Gasteiger partial charge in [0.15, 0.2) is 5.03 Å². The standard InChI is InChI=1S/C12H12N2OS.C2H6/c1-9-4-6-10(7-5-9)16(15)12-11(13)3-2-8-14-12;1-2/h2-8H,13H2,1H3;1-2H3. The van der Waals surface area contributed by atoms with Gasteiger partial charge in [0.1, 0.15) is 10.8 Å². The van der Waals surface area contributed by atoms with Crippen LogP contribution in [0, 0.1) is 6.92 Å². The molecule has 3 nitrogen and oxygen atoms in total. The van der Waals surface area contributed by atoms with Crippen LogP contribution in [0.2, 0.25) is 0 Å². The van der Waals surface area contributed by atoms with E-state index in [2.05, 4.69) is 4.98 Å². The van der Waals surface area contributed by atoms with Crippen LogP contribution in [-0.4, -0.2) is 9.19 Å². The molecule has 0 saturated heterocycles. The van der Waals surface area contributed by atoms with Crippen LogP contribution in [-0.2, 0) is 10.8 Å². The van der Waals surface area contributed by atoms with E-state index in [4.69, 9.17) is 5.73 Å². The largest absolute Gasteiger partial charge is 0.396 e. The van der Waals surface area contributed by atoms with Crippen LogP contribution in [0.1, 0.15) is 19.4 Å². The lowest BCUT2D eigenvalue weighted by atomic mass is 10.2. The van der Waals surface area contributed by atoms with Gasteiger partial charge >= 0.3 is 0 Å². The van der Waals surface area contributed by atoms with Crippen LogP contribution in [0.3, 0.4) is 0 Å². The quantitative estimate of drug-likeness (QED) is 0.904. The van der Waals surface area contributed by atoms with Crippen molar-refractivity contribution < 1.29 is 4.21 Å². The Hall–Kier alpha value is -1.68. The van der Waals surface area contributed by atoms with Gasteiger partial charge in [-0.05, 0) is 31.2 Å². The fraction of sp³-hybridized carbons (Fsp3) is 0.214. The number of pyridine rings is 1. The molecule has 1 aromatic carbocycles. The zero-order chi connectivity index (χ0) is 13.5. The van der Waals surface area contributed by atoms with Gasteiger partial charge in [-0.2, -0.15) is 0 Å². The molecule has 2 rings (SSSR count). The van der Waals surface area contributed by atoms with Crippen LogP contribution >= 0.6 is 0 Å². The highest BCUT2D eigenvalue weighted by molar-refractivity contribution is 7.85. The van der Waals surface area contributed by atoms with Crippen molar-refractivity contribution in [1.29, 1.82) is 0 Å². The normalized spacial score (nSPS) is 11.3. The molecule has 1 aromatic heterocycles. The average molecular weight is 262 g/mol. The average Bonchev–Trinajstić information content (AvgIpc) is 2.42. The first-order valence-electron chi connectivity index (χ1n) is 5.87. The number of benzene rings is 1. The Balaban J connectivity index is 0.000000771. The van der Waals surface area contributed by atoms with Gasteiger partial charge in [0.05, 0.1) is 5.69 Å². The maximum atomic E-state index is 12.1. The minimum absolute atomic E-state index is 0.423. The molecule has 18 heavy (non-hydrogen) atoms. The van der Waals surface area contributed by atoms with Gasteiger partial charge in [-0.15, -0.1) is 0 Å². The van der Waals surface area contributed by atoms with E-state index in [0.29, 0.717) is 10.7 Å². The number of nitrogens with zero attached hydrogens (tertiary/aromatic N) is 1. The predicted molar refractivity (Wildman–Crippen MR) is 75.9 cm³/mol. The van der Waals surface area contributed by atoms with E-state index in [0.717, 1.165) is 10.5 Å². The molecule has 0 fully saturated rings. The zero-order valence-corrected chi connectivity index (χ0v) is 11.7. The Morgan fingerprint density at radius 2 is 1.72 bits per heavy atom. The molecule has 0 radical (unpaired) electrons. The number of nitrogens with two attached hydrogens (primary N) is 1. The number of nitrogen functional groups attached to an aromatic ring is 1. The van der Waals surface area contributed by atoms with Crippen molar-refractivity contribution in [3.63, 3.8) is 0 Å². The summed E-state index contributed by atoms with van der Waals surface area (Å²) in [5, 5.41) is 0.423. The minimum Gasteiger partial charge on any atom is -0.396 e. The van der Waals surface area contributed by atoms with Crippen LogP contribution in [0.5, 0.6) is 0 Å². The second-order valence-corrected chi connectivity index (χ2v) is 4.88. The Kier molecular flexibility index (Phi) is 5.52. The number of aryl methyl sites for hydroxylation is 1. The maximum Gasteiger partial charge on any atom is 0.155 e. The fourth-order valence-corrected chi connectivity index (χ4v) is 2.38. The zero-order valence-electron chi connectivity index (χ0n) is 10.9. The minimum atomic E-state index is -1.30. The highest BCUT2D eigenvalue weighted by Crippen LogP contribution is 2.19. The van der Waals surface area contributed by atoms with Crippen molar-refractivity contribution in [2.75, 3.05) is 5.73 Å². The summed E-state index contributed by atoms with van der Waals surface area (Å²) in [5.74, 6) is 0. The highest BCUT2D eigenvalue weighted by atomic mass is 32.2. The third-order valence-electron chi connectivity index (χ3n) is 2.21. The first-order chi connectivity index (χ1) is 8.68. The molecule has 0 bridgehead atoms. The number of hydrogen-bond acceptors (Lipinski definition) is 3. The molecule has 0 amide bonds. The summed E-state index contributed by atoms with van der Waals surface area (Å²) >= 11 is 0. The van der Waals surface area contributed by atoms with Gasteiger partial charge in [-0.25, -0.2) is 9.19 Å². The molecule has 2 aromatic rings. The summed E-state index contributed by atoms with van der Waals surface area (Å²) in [6, 6.07) is 10.9. The molecule has 0 saturated carbocycles. The molecule has 0 aliphatic heterocycles. The molecule has 96 valence electrons. The summed E-state index contributed by atoms with van der Waals surface area (Å²) in [6.45, 7) is 5.99. The Labute approximate surface area is 111 Å². The molecule has 1 unspecified atom stereocenters. The van der Waals surface area contributed by atoms with Crippen LogP contribution in [0.15, 0.2) is 52.5 Å². The lowest BCUT2D eigenvalue weighted by molar-refractivity contribution is 0.680. The van der Waals surface area contributed by atoms with Crippen LogP contribution in [0.25, 0.3) is 0 Å². The number of hydrogen-bond donors (Lipinski definition) is 1. The van der Waals surface area contributed by atoms with Crippen molar-refractivity contribution in [3.05, 3.63) is 48.2 Å². The molecule has 0 aliphatic rings. The second-order valence-electron chi connectivity index (χ2n) is 3.48. The van der Waals surface area contributed by atoms with Crippen LogP contribution < -0.4 is 5.73 Å². The van der Waals surface area contributed by atoms with Gasteiger partial charge in [0.2, 0.25) is 0 Å². The second kappa shape index (κ2) is 6.91. The third-order valence-corrected chi connectivity index (χ3v) is 3.60. The summed E-state index contributed by atoms with van der Waals surface area (Å²) in [4.78, 5) is 4.77. The van der Waals surface area contributed by atoms with Gasteiger partial charge in [0, 0.05) is 11.1 Å². The van der Waals surface area contributed by atoms with E-state index in [1.807, 2.05) is 45.0 Å². The van der Waals surface area contributed by atoms with Crippen molar-refractivity contribution in [3.8, 4) is 0 Å². The van der Waals surface area contributed by atoms with E-state index in [1.54, 1.807) is 18.3 Å². The lowest BCUT2D eigenvalue weighted by Crippen LogP contribution is -2.01. The summed E-state index contributed by atoms with van der Waals surface area (Å²) in [5.41, 5.74) is 7.33. The SMILES string of the molecule is CC.Cc1ccc(S(=O)c2ncccc2N)cc1. The van der Waals surface area contributed by atoms with Gasteiger partial charge in [0.25, 0.3) is 0 Å². The van der Waals surface area contributed by atoms with Crippen molar-refractivity contribution >= 4 is 16.5 Å². The molecular weight excluding hydrogens is 244 g/mol. The van der Waals surface area contributed by atoms with Gasteiger partial charge < -0.3 is 5.73 Å². The highest BCUT2D eigenvalue weighted by Gasteiger charge is 2.10. The van der Waals surface area contributed by atoms with Crippen molar-refractivity contribution in [2.45, 2.75) is 30.7 Å². The van der Waals surface area contributed by atoms with Gasteiger partial charge in [-0.3, -0.25) is 0 Å². The van der Waals surface area contributed by atoms with E-state index in [-0.39, 0.29) is 0 Å². The summed E-state index contributed by atoms with van der Waals surface area (Å²) in [6.07, 6.45) is 1.60. The van der Waals surface area contributed by atoms with Crippen LogP contribution in [0.4, 0.5) is 5.69 Å². The Morgan fingerprint density at radius 3 is 2.28 bits per heavy atom. The molecule has 0 spiro atoms. The predicted octanol–water partition coefficient (Wildman–Crippen LogP) is 3.17. The monoisotopic (exact) mass is 262 g/mol. The molecule has 4 heteroatoms. The first kappa shape index (κ1) is 14.4. The van der Waals surface area contributed by atoms with E-state index >= 15 is 0 Å². The maximum absolute atomic E-state index is 12.1. The molecule has 0 aliphatic carbocycles. The van der Waals surface area contributed by atoms with E-state index in [1.165, 1.54) is 0 Å². The lowest BCUT2D eigenvalue weighted by Gasteiger charge is -2.04.